The quantitative estimate of drug-likeness (QED) is 0.706. The van der Waals surface area contributed by atoms with Crippen LogP contribution in [0.5, 0.6) is 0 Å². The summed E-state index contributed by atoms with van der Waals surface area (Å²) in [6.07, 6.45) is 0.0456. The largest absolute Gasteiger partial charge is 0.458 e. The number of hydrogen-bond acceptors (Lipinski definition) is 6. The van der Waals surface area contributed by atoms with Gasteiger partial charge in [0, 0.05) is 27.4 Å². The molecule has 0 N–H and O–H groups in total. The molecule has 1 rings (SSSR count). The van der Waals surface area contributed by atoms with Gasteiger partial charge in [0.15, 0.2) is 12.4 Å². The number of esters is 2. The van der Waals surface area contributed by atoms with Crippen LogP contribution in [-0.2, 0) is 28.5 Å². The van der Waals surface area contributed by atoms with Gasteiger partial charge in [-0.05, 0) is 6.42 Å². The van der Waals surface area contributed by atoms with E-state index in [-0.39, 0.29) is 6.10 Å². The van der Waals surface area contributed by atoms with Crippen LogP contribution in [-0.4, -0.2) is 43.7 Å². The lowest BCUT2D eigenvalue weighted by molar-refractivity contribution is -0.254. The van der Waals surface area contributed by atoms with Crippen molar-refractivity contribution in [3.8, 4) is 0 Å². The van der Waals surface area contributed by atoms with Crippen LogP contribution in [0.2, 0.25) is 0 Å². The van der Waals surface area contributed by atoms with E-state index in [9.17, 15) is 9.59 Å². The van der Waals surface area contributed by atoms with E-state index in [0.717, 1.165) is 6.42 Å². The van der Waals surface area contributed by atoms with Gasteiger partial charge in [-0.15, -0.1) is 0 Å². The first kappa shape index (κ1) is 15.9. The highest BCUT2D eigenvalue weighted by atomic mass is 16.7. The Morgan fingerprint density at radius 2 is 1.84 bits per heavy atom. The van der Waals surface area contributed by atoms with Crippen molar-refractivity contribution in [1.29, 1.82) is 0 Å². The molecule has 0 spiro atoms. The lowest BCUT2D eigenvalue weighted by Gasteiger charge is -2.39. The zero-order valence-electron chi connectivity index (χ0n) is 11.9. The van der Waals surface area contributed by atoms with Gasteiger partial charge in [0.25, 0.3) is 0 Å². The second-order valence-corrected chi connectivity index (χ2v) is 4.59. The molecular formula is C13H22O6. The summed E-state index contributed by atoms with van der Waals surface area (Å²) >= 11 is 0. The molecule has 0 unspecified atom stereocenters. The van der Waals surface area contributed by atoms with E-state index in [1.54, 1.807) is 0 Å². The van der Waals surface area contributed by atoms with Crippen molar-refractivity contribution in [2.75, 3.05) is 7.11 Å². The first-order valence-corrected chi connectivity index (χ1v) is 6.50. The zero-order chi connectivity index (χ0) is 14.4. The summed E-state index contributed by atoms with van der Waals surface area (Å²) in [4.78, 5) is 22.4. The number of carbonyl (C=O) groups excluding carboxylic acids is 2. The fourth-order valence-electron chi connectivity index (χ4n) is 2.23. The van der Waals surface area contributed by atoms with Crippen LogP contribution in [0.3, 0.4) is 0 Å². The topological polar surface area (TPSA) is 71.1 Å². The number of rotatable bonds is 5. The number of carbonyl (C=O) groups is 2. The van der Waals surface area contributed by atoms with Crippen molar-refractivity contribution in [1.82, 2.24) is 0 Å². The molecule has 0 aliphatic carbocycles. The Hall–Kier alpha value is -1.14. The fraction of sp³-hybridized carbons (Fsp3) is 0.846. The third-order valence-electron chi connectivity index (χ3n) is 2.94. The van der Waals surface area contributed by atoms with Gasteiger partial charge in [-0.3, -0.25) is 9.59 Å². The van der Waals surface area contributed by atoms with Crippen molar-refractivity contribution in [3.05, 3.63) is 0 Å². The van der Waals surface area contributed by atoms with Crippen LogP contribution in [0.4, 0.5) is 0 Å². The summed E-state index contributed by atoms with van der Waals surface area (Å²) in [5, 5.41) is 0. The SMILES string of the molecule is CCC[C@H]1O[C@@H](OC)C[C@@H](OC(C)=O)[C@H]1OC(C)=O. The molecule has 6 heteroatoms. The standard InChI is InChI=1S/C13H22O6/c1-5-6-10-13(18-9(3)15)11(17-8(2)14)7-12(16-4)19-10/h10-13H,5-7H2,1-4H3/t10-,11-,12-,13+/m1/s1. The molecule has 1 aliphatic heterocycles. The maximum Gasteiger partial charge on any atom is 0.303 e. The van der Waals surface area contributed by atoms with Crippen molar-refractivity contribution < 1.29 is 28.5 Å². The summed E-state index contributed by atoms with van der Waals surface area (Å²) in [6, 6.07) is 0. The van der Waals surface area contributed by atoms with Crippen LogP contribution in [0.25, 0.3) is 0 Å². The molecule has 0 bridgehead atoms. The number of ether oxygens (including phenoxy) is 4. The fourth-order valence-corrected chi connectivity index (χ4v) is 2.23. The molecule has 110 valence electrons. The second kappa shape index (κ2) is 7.45. The Morgan fingerprint density at radius 3 is 2.32 bits per heavy atom. The Bertz CT molecular complexity index is 316. The van der Waals surface area contributed by atoms with E-state index >= 15 is 0 Å². The smallest absolute Gasteiger partial charge is 0.303 e. The molecule has 6 nitrogen and oxygen atoms in total. The minimum atomic E-state index is -0.576. The van der Waals surface area contributed by atoms with Crippen molar-refractivity contribution in [3.63, 3.8) is 0 Å². The molecule has 0 amide bonds. The van der Waals surface area contributed by atoms with Crippen LogP contribution < -0.4 is 0 Å². The van der Waals surface area contributed by atoms with Crippen molar-refractivity contribution in [2.45, 2.75) is 64.6 Å². The minimum absolute atomic E-state index is 0.322. The molecule has 19 heavy (non-hydrogen) atoms. The average molecular weight is 274 g/mol. The molecule has 1 fully saturated rings. The highest BCUT2D eigenvalue weighted by Gasteiger charge is 2.42. The summed E-state index contributed by atoms with van der Waals surface area (Å²) < 4.78 is 21.4. The van der Waals surface area contributed by atoms with Gasteiger partial charge in [0.05, 0.1) is 0 Å². The molecule has 0 aromatic heterocycles. The van der Waals surface area contributed by atoms with E-state index in [4.69, 9.17) is 18.9 Å². The Morgan fingerprint density at radius 1 is 1.21 bits per heavy atom. The second-order valence-electron chi connectivity index (χ2n) is 4.59. The summed E-state index contributed by atoms with van der Waals surface area (Å²) in [6.45, 7) is 4.67. The van der Waals surface area contributed by atoms with Gasteiger partial charge in [0.1, 0.15) is 12.2 Å². The van der Waals surface area contributed by atoms with E-state index in [0.29, 0.717) is 12.8 Å². The van der Waals surface area contributed by atoms with Crippen molar-refractivity contribution in [2.24, 2.45) is 0 Å². The molecular weight excluding hydrogens is 252 g/mol. The monoisotopic (exact) mass is 274 g/mol. The molecule has 0 aromatic rings. The first-order valence-electron chi connectivity index (χ1n) is 6.50. The highest BCUT2D eigenvalue weighted by Crippen LogP contribution is 2.28. The highest BCUT2D eigenvalue weighted by molar-refractivity contribution is 5.67. The third-order valence-corrected chi connectivity index (χ3v) is 2.94. The minimum Gasteiger partial charge on any atom is -0.458 e. The molecule has 0 aromatic carbocycles. The predicted octanol–water partition coefficient (Wildman–Crippen LogP) is 1.41. The molecule has 4 atom stereocenters. The van der Waals surface area contributed by atoms with Crippen LogP contribution in [0.1, 0.15) is 40.0 Å². The average Bonchev–Trinajstić information content (AvgIpc) is 2.32. The summed E-state index contributed by atoms with van der Waals surface area (Å²) in [5.74, 6) is -0.822. The third kappa shape index (κ3) is 4.80. The molecule has 1 aliphatic rings. The van der Waals surface area contributed by atoms with Gasteiger partial charge >= 0.3 is 11.9 Å². The lowest BCUT2D eigenvalue weighted by atomic mass is 9.97. The van der Waals surface area contributed by atoms with E-state index in [1.807, 2.05) is 6.92 Å². The van der Waals surface area contributed by atoms with Gasteiger partial charge in [-0.25, -0.2) is 0 Å². The van der Waals surface area contributed by atoms with Gasteiger partial charge in [-0.2, -0.15) is 0 Å². The summed E-state index contributed by atoms with van der Waals surface area (Å²) in [5.41, 5.74) is 0. The Balaban J connectivity index is 2.84. The van der Waals surface area contributed by atoms with E-state index < -0.39 is 30.4 Å². The maximum absolute atomic E-state index is 11.2. The van der Waals surface area contributed by atoms with Crippen LogP contribution in [0, 0.1) is 0 Å². The van der Waals surface area contributed by atoms with Crippen molar-refractivity contribution >= 4 is 11.9 Å². The predicted molar refractivity (Wildman–Crippen MR) is 66.3 cm³/mol. The molecule has 1 saturated heterocycles. The maximum atomic E-state index is 11.2. The molecule has 0 radical (unpaired) electrons. The zero-order valence-corrected chi connectivity index (χ0v) is 11.9. The Kier molecular flexibility index (Phi) is 6.24. The number of methoxy groups -OCH3 is 1. The van der Waals surface area contributed by atoms with E-state index in [2.05, 4.69) is 0 Å². The van der Waals surface area contributed by atoms with Crippen LogP contribution in [0.15, 0.2) is 0 Å². The normalized spacial score (nSPS) is 30.7. The van der Waals surface area contributed by atoms with E-state index in [1.165, 1.54) is 21.0 Å². The van der Waals surface area contributed by atoms with Gasteiger partial charge in [0.2, 0.25) is 0 Å². The van der Waals surface area contributed by atoms with Gasteiger partial charge in [-0.1, -0.05) is 13.3 Å². The molecule has 1 heterocycles. The lowest BCUT2D eigenvalue weighted by Crippen LogP contribution is -2.52. The summed E-state index contributed by atoms with van der Waals surface area (Å²) in [7, 11) is 1.53. The first-order chi connectivity index (χ1) is 8.97. The number of hydrogen-bond donors (Lipinski definition) is 0. The van der Waals surface area contributed by atoms with Crippen LogP contribution >= 0.6 is 0 Å². The Labute approximate surface area is 113 Å². The van der Waals surface area contributed by atoms with Gasteiger partial charge < -0.3 is 18.9 Å². The molecule has 0 saturated carbocycles.